The highest BCUT2D eigenvalue weighted by atomic mass is 32.2. The maximum atomic E-state index is 12.2. The molecule has 0 spiro atoms. The lowest BCUT2D eigenvalue weighted by atomic mass is 9.87. The van der Waals surface area contributed by atoms with Gasteiger partial charge in [0.1, 0.15) is 0 Å². The first kappa shape index (κ1) is 14.7. The van der Waals surface area contributed by atoms with Crippen molar-refractivity contribution in [1.82, 2.24) is 5.32 Å². The van der Waals surface area contributed by atoms with Gasteiger partial charge in [0.2, 0.25) is 0 Å². The van der Waals surface area contributed by atoms with Gasteiger partial charge in [-0.15, -0.1) is 0 Å². The zero-order chi connectivity index (χ0) is 13.9. The molecule has 106 valence electrons. The summed E-state index contributed by atoms with van der Waals surface area (Å²) < 4.78 is 36.7. The number of thioether (sulfide) groups is 1. The Labute approximate surface area is 114 Å². The number of hydrogen-bond donors (Lipinski definition) is 2. The van der Waals surface area contributed by atoms with Crippen LogP contribution < -0.4 is 11.1 Å². The summed E-state index contributed by atoms with van der Waals surface area (Å²) in [5, 5.41) is 3.27. The van der Waals surface area contributed by atoms with Crippen molar-refractivity contribution in [1.29, 1.82) is 0 Å². The number of hydrogen-bond acceptors (Lipinski definition) is 3. The molecule has 0 aromatic heterocycles. The topological polar surface area (TPSA) is 38.0 Å². The van der Waals surface area contributed by atoms with Crippen molar-refractivity contribution in [3.05, 3.63) is 29.8 Å². The molecule has 1 heterocycles. The third-order valence-electron chi connectivity index (χ3n) is 3.39. The maximum absolute atomic E-state index is 12.2. The van der Waals surface area contributed by atoms with E-state index in [0.29, 0.717) is 5.92 Å². The lowest BCUT2D eigenvalue weighted by Crippen LogP contribution is -2.33. The Bertz CT molecular complexity index is 399. The van der Waals surface area contributed by atoms with Crippen LogP contribution in [0.25, 0.3) is 0 Å². The van der Waals surface area contributed by atoms with Crippen molar-refractivity contribution in [2.45, 2.75) is 29.3 Å². The predicted molar refractivity (Wildman–Crippen MR) is 70.9 cm³/mol. The van der Waals surface area contributed by atoms with E-state index in [9.17, 15) is 13.2 Å². The van der Waals surface area contributed by atoms with E-state index in [1.54, 1.807) is 12.1 Å². The monoisotopic (exact) mass is 290 g/mol. The van der Waals surface area contributed by atoms with Crippen molar-refractivity contribution in [2.75, 3.05) is 13.1 Å². The SMILES string of the molecule is N[C@@H](c1ccc(SC(F)(F)F)cc1)C1CCNCC1. The van der Waals surface area contributed by atoms with Gasteiger partial charge < -0.3 is 11.1 Å². The summed E-state index contributed by atoms with van der Waals surface area (Å²) in [6.45, 7) is 1.92. The quantitative estimate of drug-likeness (QED) is 0.839. The number of alkyl halides is 3. The number of rotatable bonds is 3. The molecule has 1 aliphatic heterocycles. The second-order valence-electron chi connectivity index (χ2n) is 4.73. The van der Waals surface area contributed by atoms with Gasteiger partial charge in [0.25, 0.3) is 0 Å². The van der Waals surface area contributed by atoms with Crippen molar-refractivity contribution in [3.8, 4) is 0 Å². The molecule has 3 N–H and O–H groups in total. The fraction of sp³-hybridized carbons (Fsp3) is 0.538. The van der Waals surface area contributed by atoms with E-state index in [1.165, 1.54) is 12.1 Å². The van der Waals surface area contributed by atoms with E-state index in [-0.39, 0.29) is 22.7 Å². The smallest absolute Gasteiger partial charge is 0.324 e. The molecule has 1 aliphatic rings. The van der Waals surface area contributed by atoms with E-state index in [4.69, 9.17) is 5.73 Å². The molecule has 0 amide bonds. The normalized spacial score (nSPS) is 19.4. The Morgan fingerprint density at radius 3 is 2.26 bits per heavy atom. The van der Waals surface area contributed by atoms with Gasteiger partial charge in [-0.25, -0.2) is 0 Å². The highest BCUT2D eigenvalue weighted by molar-refractivity contribution is 8.00. The zero-order valence-corrected chi connectivity index (χ0v) is 11.2. The number of nitrogens with two attached hydrogens (primary N) is 1. The van der Waals surface area contributed by atoms with Crippen molar-refractivity contribution >= 4 is 11.8 Å². The average molecular weight is 290 g/mol. The van der Waals surface area contributed by atoms with Gasteiger partial charge in [-0.1, -0.05) is 12.1 Å². The summed E-state index contributed by atoms with van der Waals surface area (Å²) in [5.41, 5.74) is 2.87. The van der Waals surface area contributed by atoms with Crippen LogP contribution in [0.3, 0.4) is 0 Å². The molecule has 0 aliphatic carbocycles. The molecule has 1 fully saturated rings. The van der Waals surface area contributed by atoms with Gasteiger partial charge in [-0.3, -0.25) is 0 Å². The van der Waals surface area contributed by atoms with Crippen LogP contribution in [0.5, 0.6) is 0 Å². The van der Waals surface area contributed by atoms with Crippen LogP contribution >= 0.6 is 11.8 Å². The molecule has 1 saturated heterocycles. The molecule has 0 bridgehead atoms. The Balaban J connectivity index is 2.01. The van der Waals surface area contributed by atoms with Gasteiger partial charge in [-0.05, 0) is 61.3 Å². The third kappa shape index (κ3) is 4.40. The van der Waals surface area contributed by atoms with E-state index in [2.05, 4.69) is 5.32 Å². The first-order chi connectivity index (χ1) is 8.96. The van der Waals surface area contributed by atoms with Gasteiger partial charge in [0.05, 0.1) is 0 Å². The predicted octanol–water partition coefficient (Wildman–Crippen LogP) is 3.30. The fourth-order valence-electron chi connectivity index (χ4n) is 2.37. The van der Waals surface area contributed by atoms with Crippen LogP contribution in [0.15, 0.2) is 29.2 Å². The summed E-state index contributed by atoms with van der Waals surface area (Å²) in [7, 11) is 0. The Morgan fingerprint density at radius 1 is 1.16 bits per heavy atom. The number of nitrogens with one attached hydrogen (secondary N) is 1. The Hall–Kier alpha value is -0.720. The molecular weight excluding hydrogens is 273 g/mol. The van der Waals surface area contributed by atoms with Crippen LogP contribution in [0.2, 0.25) is 0 Å². The standard InChI is InChI=1S/C13H17F3N2S/c14-13(15,16)19-11-3-1-9(2-4-11)12(17)10-5-7-18-8-6-10/h1-4,10,12,18H,5-8,17H2/t12-/m0/s1. The molecular formula is C13H17F3N2S. The summed E-state index contributed by atoms with van der Waals surface area (Å²) in [5.74, 6) is 0.405. The summed E-state index contributed by atoms with van der Waals surface area (Å²) in [6, 6.07) is 6.32. The molecule has 1 aromatic carbocycles. The van der Waals surface area contributed by atoms with Gasteiger partial charge in [0, 0.05) is 10.9 Å². The fourth-order valence-corrected chi connectivity index (χ4v) is 2.91. The van der Waals surface area contributed by atoms with Crippen LogP contribution in [-0.4, -0.2) is 18.6 Å². The van der Waals surface area contributed by atoms with Gasteiger partial charge >= 0.3 is 5.51 Å². The van der Waals surface area contributed by atoms with Gasteiger partial charge in [-0.2, -0.15) is 13.2 Å². The Morgan fingerprint density at radius 2 is 1.74 bits per heavy atom. The van der Waals surface area contributed by atoms with Crippen molar-refractivity contribution in [2.24, 2.45) is 11.7 Å². The largest absolute Gasteiger partial charge is 0.446 e. The molecule has 6 heteroatoms. The molecule has 19 heavy (non-hydrogen) atoms. The van der Waals surface area contributed by atoms with E-state index < -0.39 is 5.51 Å². The van der Waals surface area contributed by atoms with E-state index in [0.717, 1.165) is 31.5 Å². The average Bonchev–Trinajstić information content (AvgIpc) is 2.38. The number of benzene rings is 1. The van der Waals surface area contributed by atoms with Crippen LogP contribution in [-0.2, 0) is 0 Å². The Kier molecular flexibility index (Phi) is 4.76. The second-order valence-corrected chi connectivity index (χ2v) is 5.87. The van der Waals surface area contributed by atoms with Crippen LogP contribution in [0, 0.1) is 5.92 Å². The zero-order valence-electron chi connectivity index (χ0n) is 10.4. The van der Waals surface area contributed by atoms with Crippen molar-refractivity contribution in [3.63, 3.8) is 0 Å². The molecule has 0 unspecified atom stereocenters. The van der Waals surface area contributed by atoms with E-state index in [1.807, 2.05) is 0 Å². The van der Waals surface area contributed by atoms with Gasteiger partial charge in [0.15, 0.2) is 0 Å². The first-order valence-electron chi connectivity index (χ1n) is 6.28. The molecule has 0 radical (unpaired) electrons. The molecule has 2 nitrogen and oxygen atoms in total. The lowest BCUT2D eigenvalue weighted by Gasteiger charge is -2.28. The second kappa shape index (κ2) is 6.15. The molecule has 1 aromatic rings. The highest BCUT2D eigenvalue weighted by Crippen LogP contribution is 2.37. The molecule has 2 rings (SSSR count). The lowest BCUT2D eigenvalue weighted by molar-refractivity contribution is -0.0328. The molecule has 0 saturated carbocycles. The summed E-state index contributed by atoms with van der Waals surface area (Å²) >= 11 is -0.0941. The van der Waals surface area contributed by atoms with E-state index >= 15 is 0 Å². The minimum absolute atomic E-state index is 0.0907. The minimum atomic E-state index is -4.24. The van der Waals surface area contributed by atoms with Crippen molar-refractivity contribution < 1.29 is 13.2 Å². The number of halogens is 3. The minimum Gasteiger partial charge on any atom is -0.324 e. The summed E-state index contributed by atoms with van der Waals surface area (Å²) in [4.78, 5) is 0.203. The van der Waals surface area contributed by atoms with Crippen LogP contribution in [0.1, 0.15) is 24.4 Å². The van der Waals surface area contributed by atoms with Crippen LogP contribution in [0.4, 0.5) is 13.2 Å². The highest BCUT2D eigenvalue weighted by Gasteiger charge is 2.29. The maximum Gasteiger partial charge on any atom is 0.446 e. The third-order valence-corrected chi connectivity index (χ3v) is 4.13. The molecule has 1 atom stereocenters. The summed E-state index contributed by atoms with van der Waals surface area (Å²) in [6.07, 6.45) is 2.03. The number of piperidine rings is 1. The first-order valence-corrected chi connectivity index (χ1v) is 7.09.